The molecule has 2 aliphatic rings. The van der Waals surface area contributed by atoms with Gasteiger partial charge in [-0.1, -0.05) is 60.7 Å². The standard InChI is InChI=1S/C19H22N2O/c1-3-8-16(9-4-1)14-21-19(17-10-5-2-6-11-17)18-12-7-13-20(18)15-22-21/h1-6,8-11,18-19H,7,12-15H2/t18-,19-/m1/s1. The topological polar surface area (TPSA) is 15.7 Å². The molecule has 0 N–H and O–H groups in total. The van der Waals surface area contributed by atoms with E-state index in [1.165, 1.54) is 24.0 Å². The van der Waals surface area contributed by atoms with Crippen LogP contribution in [0.15, 0.2) is 60.7 Å². The van der Waals surface area contributed by atoms with Gasteiger partial charge in [0.1, 0.15) is 6.73 Å². The Hall–Kier alpha value is -1.68. The van der Waals surface area contributed by atoms with Crippen LogP contribution in [-0.4, -0.2) is 29.3 Å². The first-order valence-electron chi connectivity index (χ1n) is 8.14. The lowest BCUT2D eigenvalue weighted by atomic mass is 9.96. The zero-order valence-electron chi connectivity index (χ0n) is 12.8. The monoisotopic (exact) mass is 294 g/mol. The molecule has 114 valence electrons. The third-order valence-corrected chi connectivity index (χ3v) is 4.80. The molecule has 0 amide bonds. The van der Waals surface area contributed by atoms with Crippen molar-refractivity contribution < 1.29 is 4.84 Å². The lowest BCUT2D eigenvalue weighted by Gasteiger charge is -2.44. The summed E-state index contributed by atoms with van der Waals surface area (Å²) < 4.78 is 0. The van der Waals surface area contributed by atoms with Gasteiger partial charge < -0.3 is 0 Å². The smallest absolute Gasteiger partial charge is 0.121 e. The molecule has 0 spiro atoms. The maximum absolute atomic E-state index is 6.12. The Bertz CT molecular complexity index is 601. The van der Waals surface area contributed by atoms with Crippen LogP contribution < -0.4 is 0 Å². The summed E-state index contributed by atoms with van der Waals surface area (Å²) in [7, 11) is 0. The van der Waals surface area contributed by atoms with Crippen molar-refractivity contribution in [1.82, 2.24) is 9.96 Å². The molecule has 0 unspecified atom stereocenters. The van der Waals surface area contributed by atoms with Gasteiger partial charge in [0.15, 0.2) is 0 Å². The SMILES string of the molecule is c1ccc(CN2OCN3CCC[C@@H]3[C@H]2c2ccccc2)cc1. The van der Waals surface area contributed by atoms with Crippen LogP contribution in [0.2, 0.25) is 0 Å². The number of hydrogen-bond donors (Lipinski definition) is 0. The van der Waals surface area contributed by atoms with Gasteiger partial charge in [0.25, 0.3) is 0 Å². The van der Waals surface area contributed by atoms with E-state index in [4.69, 9.17) is 4.84 Å². The van der Waals surface area contributed by atoms with Crippen LogP contribution in [-0.2, 0) is 11.4 Å². The van der Waals surface area contributed by atoms with E-state index in [0.717, 1.165) is 19.8 Å². The lowest BCUT2D eigenvalue weighted by Crippen LogP contribution is -2.50. The fourth-order valence-electron chi connectivity index (χ4n) is 3.74. The van der Waals surface area contributed by atoms with Gasteiger partial charge in [0, 0.05) is 19.1 Å². The summed E-state index contributed by atoms with van der Waals surface area (Å²) in [6.45, 7) is 2.72. The zero-order chi connectivity index (χ0) is 14.8. The molecule has 4 rings (SSSR count). The molecule has 2 fully saturated rings. The zero-order valence-corrected chi connectivity index (χ0v) is 12.8. The minimum Gasteiger partial charge on any atom is -0.282 e. The van der Waals surface area contributed by atoms with Crippen molar-refractivity contribution in [1.29, 1.82) is 0 Å². The predicted molar refractivity (Wildman–Crippen MR) is 86.8 cm³/mol. The van der Waals surface area contributed by atoms with Crippen molar-refractivity contribution in [2.24, 2.45) is 0 Å². The highest BCUT2D eigenvalue weighted by molar-refractivity contribution is 5.22. The summed E-state index contributed by atoms with van der Waals surface area (Å²) in [6.07, 6.45) is 2.53. The Balaban J connectivity index is 1.63. The summed E-state index contributed by atoms with van der Waals surface area (Å²) in [5, 5.41) is 2.19. The molecule has 3 nitrogen and oxygen atoms in total. The molecule has 0 aliphatic carbocycles. The van der Waals surface area contributed by atoms with Crippen LogP contribution in [0.3, 0.4) is 0 Å². The Morgan fingerprint density at radius 2 is 1.68 bits per heavy atom. The van der Waals surface area contributed by atoms with E-state index in [1.807, 2.05) is 0 Å². The third kappa shape index (κ3) is 2.68. The van der Waals surface area contributed by atoms with Gasteiger partial charge in [-0.2, -0.15) is 5.06 Å². The Morgan fingerprint density at radius 1 is 0.955 bits per heavy atom. The van der Waals surface area contributed by atoms with Crippen molar-refractivity contribution in [3.63, 3.8) is 0 Å². The van der Waals surface area contributed by atoms with Crippen LogP contribution in [0.5, 0.6) is 0 Å². The molecule has 22 heavy (non-hydrogen) atoms. The van der Waals surface area contributed by atoms with E-state index < -0.39 is 0 Å². The quantitative estimate of drug-likeness (QED) is 0.860. The number of hydroxylamine groups is 2. The second-order valence-corrected chi connectivity index (χ2v) is 6.20. The van der Waals surface area contributed by atoms with Gasteiger partial charge in [-0.25, -0.2) is 0 Å². The highest BCUT2D eigenvalue weighted by Crippen LogP contribution is 2.38. The van der Waals surface area contributed by atoms with Crippen molar-refractivity contribution in [3.8, 4) is 0 Å². The Kier molecular flexibility index (Phi) is 3.94. The minimum absolute atomic E-state index is 0.317. The van der Waals surface area contributed by atoms with Gasteiger partial charge in [-0.15, -0.1) is 0 Å². The average Bonchev–Trinajstić information content (AvgIpc) is 3.05. The van der Waals surface area contributed by atoms with E-state index >= 15 is 0 Å². The first-order chi connectivity index (χ1) is 10.9. The highest BCUT2D eigenvalue weighted by Gasteiger charge is 2.40. The predicted octanol–water partition coefficient (Wildman–Crippen LogP) is 3.60. The van der Waals surface area contributed by atoms with Crippen molar-refractivity contribution in [2.45, 2.75) is 31.5 Å². The maximum Gasteiger partial charge on any atom is 0.121 e. The summed E-state index contributed by atoms with van der Waals surface area (Å²) in [4.78, 5) is 8.61. The maximum atomic E-state index is 6.12. The number of hydrogen-bond acceptors (Lipinski definition) is 3. The number of benzene rings is 2. The molecular formula is C19H22N2O. The average molecular weight is 294 g/mol. The van der Waals surface area contributed by atoms with Crippen LogP contribution in [0, 0.1) is 0 Å². The molecule has 2 heterocycles. The fraction of sp³-hybridized carbons (Fsp3) is 0.368. The first-order valence-corrected chi connectivity index (χ1v) is 8.14. The molecule has 2 atom stereocenters. The second-order valence-electron chi connectivity index (χ2n) is 6.20. The van der Waals surface area contributed by atoms with Gasteiger partial charge in [-0.05, 0) is 24.0 Å². The molecular weight excluding hydrogens is 272 g/mol. The first kappa shape index (κ1) is 13.9. The van der Waals surface area contributed by atoms with Crippen LogP contribution in [0.1, 0.15) is 30.0 Å². The van der Waals surface area contributed by atoms with Crippen LogP contribution in [0.4, 0.5) is 0 Å². The van der Waals surface area contributed by atoms with Gasteiger partial charge in [0.2, 0.25) is 0 Å². The lowest BCUT2D eigenvalue weighted by molar-refractivity contribution is -0.271. The van der Waals surface area contributed by atoms with Crippen molar-refractivity contribution in [2.75, 3.05) is 13.3 Å². The number of rotatable bonds is 3. The molecule has 2 aromatic carbocycles. The molecule has 3 heteroatoms. The number of nitrogens with zero attached hydrogens (tertiary/aromatic N) is 2. The van der Waals surface area contributed by atoms with E-state index in [1.54, 1.807) is 0 Å². The van der Waals surface area contributed by atoms with E-state index in [9.17, 15) is 0 Å². The van der Waals surface area contributed by atoms with E-state index in [0.29, 0.717) is 12.1 Å². The molecule has 0 bridgehead atoms. The molecule has 0 aromatic heterocycles. The summed E-state index contributed by atoms with van der Waals surface area (Å²) in [6, 6.07) is 22.3. The van der Waals surface area contributed by atoms with Crippen molar-refractivity contribution in [3.05, 3.63) is 71.8 Å². The van der Waals surface area contributed by atoms with E-state index in [-0.39, 0.29) is 0 Å². The van der Waals surface area contributed by atoms with Gasteiger partial charge in [0.05, 0.1) is 6.04 Å². The molecule has 0 saturated carbocycles. The largest absolute Gasteiger partial charge is 0.282 e. The number of fused-ring (bicyclic) bond motifs is 1. The summed E-state index contributed by atoms with van der Waals surface area (Å²) in [5.74, 6) is 0. The van der Waals surface area contributed by atoms with Crippen LogP contribution in [0.25, 0.3) is 0 Å². The van der Waals surface area contributed by atoms with E-state index in [2.05, 4.69) is 70.6 Å². The minimum atomic E-state index is 0.317. The fourth-order valence-corrected chi connectivity index (χ4v) is 3.74. The molecule has 2 saturated heterocycles. The molecule has 0 radical (unpaired) electrons. The highest BCUT2D eigenvalue weighted by atomic mass is 16.7. The van der Waals surface area contributed by atoms with Crippen molar-refractivity contribution >= 4 is 0 Å². The summed E-state index contributed by atoms with van der Waals surface area (Å²) in [5.41, 5.74) is 2.66. The summed E-state index contributed by atoms with van der Waals surface area (Å²) >= 11 is 0. The van der Waals surface area contributed by atoms with Crippen LogP contribution >= 0.6 is 0 Å². The van der Waals surface area contributed by atoms with Gasteiger partial charge in [-0.3, -0.25) is 9.74 Å². The Labute approximate surface area is 132 Å². The third-order valence-electron chi connectivity index (χ3n) is 4.80. The molecule has 2 aliphatic heterocycles. The molecule has 2 aromatic rings. The second kappa shape index (κ2) is 6.21. The Morgan fingerprint density at radius 3 is 2.45 bits per heavy atom. The normalized spacial score (nSPS) is 26.0. The van der Waals surface area contributed by atoms with Gasteiger partial charge >= 0.3 is 0 Å².